The molecule has 1 fully saturated rings. The lowest BCUT2D eigenvalue weighted by atomic mass is 9.96. The number of benzene rings is 1. The van der Waals surface area contributed by atoms with Gasteiger partial charge in [0.2, 0.25) is 0 Å². The molecule has 0 aliphatic heterocycles. The van der Waals surface area contributed by atoms with E-state index in [1.807, 2.05) is 12.1 Å². The van der Waals surface area contributed by atoms with E-state index in [-0.39, 0.29) is 0 Å². The Morgan fingerprint density at radius 1 is 1.10 bits per heavy atom. The van der Waals surface area contributed by atoms with Crippen LogP contribution < -0.4 is 5.32 Å². The van der Waals surface area contributed by atoms with Crippen LogP contribution in [0.4, 0.5) is 5.69 Å². The maximum atomic E-state index is 5.99. The Bertz CT molecular complexity index is 583. The molecular formula is C16H19Cl2N3. The van der Waals surface area contributed by atoms with E-state index in [9.17, 15) is 0 Å². The van der Waals surface area contributed by atoms with Gasteiger partial charge < -0.3 is 5.32 Å². The minimum atomic E-state index is 0.577. The molecule has 3 rings (SSSR count). The summed E-state index contributed by atoms with van der Waals surface area (Å²) in [6.07, 6.45) is 8.59. The van der Waals surface area contributed by atoms with Gasteiger partial charge in [0.1, 0.15) is 0 Å². The van der Waals surface area contributed by atoms with Crippen molar-refractivity contribution in [3.8, 4) is 0 Å². The first-order valence-corrected chi connectivity index (χ1v) is 8.20. The topological polar surface area (TPSA) is 29.9 Å². The number of halogens is 2. The van der Waals surface area contributed by atoms with Crippen molar-refractivity contribution in [3.05, 3.63) is 46.2 Å². The molecule has 0 amide bonds. The fourth-order valence-electron chi connectivity index (χ4n) is 2.87. The Kier molecular flexibility index (Phi) is 4.71. The quantitative estimate of drug-likeness (QED) is 0.826. The standard InChI is InChI=1S/C16H19Cl2N3/c17-12-8-13(18)10-15(9-12)19-11-14-6-7-21(20-14)16-4-2-1-3-5-16/h6-10,16,19H,1-5,11H2. The lowest BCUT2D eigenvalue weighted by Gasteiger charge is -2.21. The van der Waals surface area contributed by atoms with Gasteiger partial charge in [-0.3, -0.25) is 4.68 Å². The fraction of sp³-hybridized carbons (Fsp3) is 0.438. The summed E-state index contributed by atoms with van der Waals surface area (Å²) >= 11 is 12.0. The minimum Gasteiger partial charge on any atom is -0.379 e. The second-order valence-corrected chi connectivity index (χ2v) is 6.46. The summed E-state index contributed by atoms with van der Waals surface area (Å²) in [5, 5.41) is 9.27. The Balaban J connectivity index is 1.61. The van der Waals surface area contributed by atoms with Gasteiger partial charge in [-0.2, -0.15) is 5.10 Å². The van der Waals surface area contributed by atoms with Crippen LogP contribution in [0.3, 0.4) is 0 Å². The fourth-order valence-corrected chi connectivity index (χ4v) is 3.40. The molecule has 1 aromatic carbocycles. The first-order valence-electron chi connectivity index (χ1n) is 7.45. The molecule has 0 bridgehead atoms. The van der Waals surface area contributed by atoms with E-state index >= 15 is 0 Å². The number of aromatic nitrogens is 2. The zero-order valence-electron chi connectivity index (χ0n) is 11.9. The molecule has 0 radical (unpaired) electrons. The molecule has 1 saturated carbocycles. The molecular weight excluding hydrogens is 305 g/mol. The van der Waals surface area contributed by atoms with Gasteiger partial charge in [0, 0.05) is 21.9 Å². The highest BCUT2D eigenvalue weighted by Gasteiger charge is 2.15. The lowest BCUT2D eigenvalue weighted by molar-refractivity contribution is 0.328. The molecule has 21 heavy (non-hydrogen) atoms. The normalized spacial score (nSPS) is 16.1. The SMILES string of the molecule is Clc1cc(Cl)cc(NCc2ccn(C3CCCCC3)n2)c1. The summed E-state index contributed by atoms with van der Waals surface area (Å²) in [5.41, 5.74) is 1.95. The van der Waals surface area contributed by atoms with Crippen molar-refractivity contribution in [1.29, 1.82) is 0 Å². The van der Waals surface area contributed by atoms with Crippen molar-refractivity contribution in [2.45, 2.75) is 44.7 Å². The third kappa shape index (κ3) is 3.92. The highest BCUT2D eigenvalue weighted by molar-refractivity contribution is 6.35. The zero-order chi connectivity index (χ0) is 14.7. The molecule has 0 spiro atoms. The number of hydrogen-bond donors (Lipinski definition) is 1. The van der Waals surface area contributed by atoms with Crippen LogP contribution in [0.15, 0.2) is 30.5 Å². The van der Waals surface area contributed by atoms with Gasteiger partial charge in [0.05, 0.1) is 18.3 Å². The third-order valence-corrected chi connectivity index (χ3v) is 4.39. The Morgan fingerprint density at radius 2 is 1.81 bits per heavy atom. The monoisotopic (exact) mass is 323 g/mol. The molecule has 1 aromatic heterocycles. The molecule has 1 heterocycles. The van der Waals surface area contributed by atoms with Crippen LogP contribution in [0.5, 0.6) is 0 Å². The van der Waals surface area contributed by atoms with Crippen molar-refractivity contribution >= 4 is 28.9 Å². The lowest BCUT2D eigenvalue weighted by Crippen LogP contribution is -2.13. The number of hydrogen-bond acceptors (Lipinski definition) is 2. The summed E-state index contributed by atoms with van der Waals surface area (Å²) in [7, 11) is 0. The molecule has 1 aliphatic carbocycles. The van der Waals surface area contributed by atoms with E-state index in [2.05, 4.69) is 27.4 Å². The number of nitrogens with zero attached hydrogens (tertiary/aromatic N) is 2. The van der Waals surface area contributed by atoms with Crippen molar-refractivity contribution in [1.82, 2.24) is 9.78 Å². The second kappa shape index (κ2) is 6.71. The van der Waals surface area contributed by atoms with E-state index in [0.29, 0.717) is 22.6 Å². The van der Waals surface area contributed by atoms with E-state index < -0.39 is 0 Å². The van der Waals surface area contributed by atoms with E-state index in [4.69, 9.17) is 23.2 Å². The molecule has 3 nitrogen and oxygen atoms in total. The average Bonchev–Trinajstić information content (AvgIpc) is 2.94. The summed E-state index contributed by atoms with van der Waals surface area (Å²) in [6.45, 7) is 0.677. The van der Waals surface area contributed by atoms with Crippen LogP contribution in [0, 0.1) is 0 Å². The predicted molar refractivity (Wildman–Crippen MR) is 88.1 cm³/mol. The largest absolute Gasteiger partial charge is 0.379 e. The van der Waals surface area contributed by atoms with Crippen LogP contribution in [0.2, 0.25) is 10.0 Å². The van der Waals surface area contributed by atoms with Gasteiger partial charge in [0.25, 0.3) is 0 Å². The average molecular weight is 324 g/mol. The van der Waals surface area contributed by atoms with Crippen molar-refractivity contribution in [3.63, 3.8) is 0 Å². The van der Waals surface area contributed by atoms with Gasteiger partial charge in [0.15, 0.2) is 0 Å². The summed E-state index contributed by atoms with van der Waals surface area (Å²) in [5.74, 6) is 0. The molecule has 112 valence electrons. The van der Waals surface area contributed by atoms with Gasteiger partial charge in [-0.1, -0.05) is 42.5 Å². The zero-order valence-corrected chi connectivity index (χ0v) is 13.4. The Hall–Kier alpha value is -1.19. The summed E-state index contributed by atoms with van der Waals surface area (Å²) in [4.78, 5) is 0. The first-order chi connectivity index (χ1) is 10.2. The molecule has 0 atom stereocenters. The van der Waals surface area contributed by atoms with Gasteiger partial charge >= 0.3 is 0 Å². The van der Waals surface area contributed by atoms with E-state index in [1.54, 1.807) is 6.07 Å². The van der Waals surface area contributed by atoms with E-state index in [1.165, 1.54) is 32.1 Å². The highest BCUT2D eigenvalue weighted by atomic mass is 35.5. The van der Waals surface area contributed by atoms with Crippen molar-refractivity contribution in [2.75, 3.05) is 5.32 Å². The van der Waals surface area contributed by atoms with Crippen LogP contribution in [0.25, 0.3) is 0 Å². The van der Waals surface area contributed by atoms with Gasteiger partial charge in [-0.25, -0.2) is 0 Å². The van der Waals surface area contributed by atoms with Crippen molar-refractivity contribution < 1.29 is 0 Å². The predicted octanol–water partition coefficient (Wildman–Crippen LogP) is 5.31. The second-order valence-electron chi connectivity index (χ2n) is 5.59. The molecule has 1 aliphatic rings. The smallest absolute Gasteiger partial charge is 0.0815 e. The van der Waals surface area contributed by atoms with Crippen molar-refractivity contribution in [2.24, 2.45) is 0 Å². The van der Waals surface area contributed by atoms with Crippen LogP contribution in [0.1, 0.15) is 43.8 Å². The molecule has 1 N–H and O–H groups in total. The van der Waals surface area contributed by atoms with Gasteiger partial charge in [-0.15, -0.1) is 0 Å². The number of anilines is 1. The number of nitrogens with one attached hydrogen (secondary N) is 1. The molecule has 2 aromatic rings. The first kappa shape index (κ1) is 14.7. The minimum absolute atomic E-state index is 0.577. The van der Waals surface area contributed by atoms with Gasteiger partial charge in [-0.05, 0) is 37.1 Å². The summed E-state index contributed by atoms with van der Waals surface area (Å²) < 4.78 is 2.13. The summed E-state index contributed by atoms with van der Waals surface area (Å²) in [6, 6.07) is 8.12. The third-order valence-electron chi connectivity index (χ3n) is 3.95. The van der Waals surface area contributed by atoms with Crippen LogP contribution >= 0.6 is 23.2 Å². The Morgan fingerprint density at radius 3 is 2.52 bits per heavy atom. The highest BCUT2D eigenvalue weighted by Crippen LogP contribution is 2.27. The van der Waals surface area contributed by atoms with Crippen LogP contribution in [-0.2, 0) is 6.54 Å². The molecule has 5 heteroatoms. The van der Waals surface area contributed by atoms with E-state index in [0.717, 1.165) is 11.4 Å². The Labute approximate surface area is 135 Å². The maximum Gasteiger partial charge on any atom is 0.0815 e. The molecule has 0 saturated heterocycles. The molecule has 0 unspecified atom stereocenters. The number of rotatable bonds is 4. The van der Waals surface area contributed by atoms with Crippen LogP contribution in [-0.4, -0.2) is 9.78 Å². The maximum absolute atomic E-state index is 5.99.